The van der Waals surface area contributed by atoms with E-state index in [4.69, 9.17) is 10.5 Å². The summed E-state index contributed by atoms with van der Waals surface area (Å²) in [5.74, 6) is -0.0155. The molecule has 0 bridgehead atoms. The maximum atomic E-state index is 12.9. The van der Waals surface area contributed by atoms with E-state index in [1.165, 1.54) is 0 Å². The average molecular weight is 325 g/mol. The number of ether oxygens (including phenoxy) is 1. The molecule has 2 aromatic rings. The Hall–Kier alpha value is -2.24. The van der Waals surface area contributed by atoms with Gasteiger partial charge in [-0.1, -0.05) is 24.3 Å². The second-order valence-electron chi connectivity index (χ2n) is 6.03. The van der Waals surface area contributed by atoms with Crippen molar-refractivity contribution < 1.29 is 9.53 Å². The van der Waals surface area contributed by atoms with Crippen molar-refractivity contribution in [2.24, 2.45) is 5.73 Å². The van der Waals surface area contributed by atoms with Crippen LogP contribution in [-0.2, 0) is 11.3 Å². The van der Waals surface area contributed by atoms with Gasteiger partial charge in [-0.3, -0.25) is 9.78 Å². The zero-order chi connectivity index (χ0) is 16.9. The molecule has 0 saturated carbocycles. The zero-order valence-electron chi connectivity index (χ0n) is 13.9. The van der Waals surface area contributed by atoms with Gasteiger partial charge in [-0.05, 0) is 36.1 Å². The smallest absolute Gasteiger partial charge is 0.273 e. The van der Waals surface area contributed by atoms with E-state index < -0.39 is 0 Å². The standard InChI is InChI=1S/C19H23N3O2/c1-24-16-7-10-22(11-8-16)19(23)18-17(6-3-9-21-18)15-5-2-4-14(12-15)13-20/h2-6,9,12,16H,7-8,10-11,13,20H2,1H3. The summed E-state index contributed by atoms with van der Waals surface area (Å²) in [5, 5.41) is 0. The Morgan fingerprint density at radius 1 is 1.29 bits per heavy atom. The Kier molecular flexibility index (Phi) is 5.23. The summed E-state index contributed by atoms with van der Waals surface area (Å²) in [6.45, 7) is 1.88. The van der Waals surface area contributed by atoms with Crippen LogP contribution in [0.2, 0.25) is 0 Å². The quantitative estimate of drug-likeness (QED) is 0.937. The lowest BCUT2D eigenvalue weighted by atomic mass is 10.00. The van der Waals surface area contributed by atoms with E-state index in [0.717, 1.165) is 29.5 Å². The highest BCUT2D eigenvalue weighted by Gasteiger charge is 2.26. The Morgan fingerprint density at radius 3 is 2.79 bits per heavy atom. The average Bonchev–Trinajstić information content (AvgIpc) is 2.67. The van der Waals surface area contributed by atoms with Gasteiger partial charge < -0.3 is 15.4 Å². The molecular weight excluding hydrogens is 302 g/mol. The molecule has 5 heteroatoms. The van der Waals surface area contributed by atoms with Crippen molar-refractivity contribution in [2.45, 2.75) is 25.5 Å². The molecule has 0 spiro atoms. The number of nitrogens with zero attached hydrogens (tertiary/aromatic N) is 2. The summed E-state index contributed by atoms with van der Waals surface area (Å²) < 4.78 is 5.38. The Bertz CT molecular complexity index is 709. The zero-order valence-corrected chi connectivity index (χ0v) is 13.9. The SMILES string of the molecule is COC1CCN(C(=O)c2ncccc2-c2cccc(CN)c2)CC1. The number of likely N-dealkylation sites (tertiary alicyclic amines) is 1. The fourth-order valence-corrected chi connectivity index (χ4v) is 3.12. The third-order valence-corrected chi connectivity index (χ3v) is 4.55. The van der Waals surface area contributed by atoms with Gasteiger partial charge in [0.25, 0.3) is 5.91 Å². The third kappa shape index (κ3) is 3.47. The second-order valence-corrected chi connectivity index (χ2v) is 6.03. The van der Waals surface area contributed by atoms with E-state index in [2.05, 4.69) is 4.98 Å². The van der Waals surface area contributed by atoms with Gasteiger partial charge in [-0.25, -0.2) is 0 Å². The van der Waals surface area contributed by atoms with Crippen molar-refractivity contribution in [3.05, 3.63) is 53.9 Å². The molecule has 5 nitrogen and oxygen atoms in total. The molecule has 1 fully saturated rings. The van der Waals surface area contributed by atoms with Crippen LogP contribution in [0.1, 0.15) is 28.9 Å². The predicted molar refractivity (Wildman–Crippen MR) is 93.5 cm³/mol. The Balaban J connectivity index is 1.87. The van der Waals surface area contributed by atoms with Gasteiger partial charge in [0, 0.05) is 38.5 Å². The van der Waals surface area contributed by atoms with Crippen LogP contribution >= 0.6 is 0 Å². The summed E-state index contributed by atoms with van der Waals surface area (Å²) in [7, 11) is 1.73. The number of benzene rings is 1. The van der Waals surface area contributed by atoms with E-state index in [1.54, 1.807) is 13.3 Å². The third-order valence-electron chi connectivity index (χ3n) is 4.55. The molecule has 0 aliphatic carbocycles. The van der Waals surface area contributed by atoms with Gasteiger partial charge in [-0.2, -0.15) is 0 Å². The molecule has 0 atom stereocenters. The molecule has 2 heterocycles. The number of piperidine rings is 1. The molecule has 3 rings (SSSR count). The lowest BCUT2D eigenvalue weighted by molar-refractivity contribution is 0.0348. The van der Waals surface area contributed by atoms with Gasteiger partial charge >= 0.3 is 0 Å². The number of hydrogen-bond donors (Lipinski definition) is 1. The van der Waals surface area contributed by atoms with Crippen LogP contribution < -0.4 is 5.73 Å². The van der Waals surface area contributed by atoms with Crippen molar-refractivity contribution in [3.63, 3.8) is 0 Å². The lowest BCUT2D eigenvalue weighted by Crippen LogP contribution is -2.41. The van der Waals surface area contributed by atoms with Crippen LogP contribution in [0, 0.1) is 0 Å². The van der Waals surface area contributed by atoms with Crippen molar-refractivity contribution in [1.29, 1.82) is 0 Å². The number of hydrogen-bond acceptors (Lipinski definition) is 4. The van der Waals surface area contributed by atoms with Gasteiger partial charge in [0.05, 0.1) is 6.10 Å². The van der Waals surface area contributed by atoms with Crippen LogP contribution in [-0.4, -0.2) is 42.1 Å². The number of pyridine rings is 1. The molecule has 1 aliphatic rings. The molecule has 126 valence electrons. The van der Waals surface area contributed by atoms with Crippen molar-refractivity contribution >= 4 is 5.91 Å². The second kappa shape index (κ2) is 7.55. The topological polar surface area (TPSA) is 68.5 Å². The number of carbonyl (C=O) groups excluding carboxylic acids is 1. The number of nitrogens with two attached hydrogens (primary N) is 1. The molecule has 24 heavy (non-hydrogen) atoms. The highest BCUT2D eigenvalue weighted by molar-refractivity contribution is 5.99. The van der Waals surface area contributed by atoms with E-state index in [-0.39, 0.29) is 12.0 Å². The summed E-state index contributed by atoms with van der Waals surface area (Å²) >= 11 is 0. The first-order valence-electron chi connectivity index (χ1n) is 8.29. The fourth-order valence-electron chi connectivity index (χ4n) is 3.12. The fraction of sp³-hybridized carbons (Fsp3) is 0.368. The summed E-state index contributed by atoms with van der Waals surface area (Å²) in [4.78, 5) is 19.2. The number of rotatable bonds is 4. The van der Waals surface area contributed by atoms with Crippen LogP contribution in [0.4, 0.5) is 0 Å². The van der Waals surface area contributed by atoms with Crippen LogP contribution in [0.15, 0.2) is 42.6 Å². The molecule has 1 saturated heterocycles. The molecule has 1 amide bonds. The van der Waals surface area contributed by atoms with Crippen molar-refractivity contribution in [1.82, 2.24) is 9.88 Å². The van der Waals surface area contributed by atoms with E-state index in [0.29, 0.717) is 25.3 Å². The molecule has 0 radical (unpaired) electrons. The van der Waals surface area contributed by atoms with Crippen LogP contribution in [0.5, 0.6) is 0 Å². The van der Waals surface area contributed by atoms with Crippen LogP contribution in [0.3, 0.4) is 0 Å². The molecule has 2 N–H and O–H groups in total. The Labute approximate surface area is 142 Å². The maximum Gasteiger partial charge on any atom is 0.273 e. The summed E-state index contributed by atoms with van der Waals surface area (Å²) in [6.07, 6.45) is 3.66. The number of carbonyl (C=O) groups is 1. The van der Waals surface area contributed by atoms with Crippen molar-refractivity contribution in [2.75, 3.05) is 20.2 Å². The minimum absolute atomic E-state index is 0.0155. The van der Waals surface area contributed by atoms with Gasteiger partial charge in [-0.15, -0.1) is 0 Å². The van der Waals surface area contributed by atoms with Gasteiger partial charge in [0.15, 0.2) is 0 Å². The molecule has 0 unspecified atom stereocenters. The summed E-state index contributed by atoms with van der Waals surface area (Å²) in [6, 6.07) is 11.8. The van der Waals surface area contributed by atoms with Crippen LogP contribution in [0.25, 0.3) is 11.1 Å². The van der Waals surface area contributed by atoms with Crippen molar-refractivity contribution in [3.8, 4) is 11.1 Å². The number of methoxy groups -OCH3 is 1. The van der Waals surface area contributed by atoms with E-state index >= 15 is 0 Å². The largest absolute Gasteiger partial charge is 0.381 e. The number of aromatic nitrogens is 1. The molecule has 1 aromatic heterocycles. The molecule has 1 aliphatic heterocycles. The minimum atomic E-state index is -0.0155. The monoisotopic (exact) mass is 325 g/mol. The lowest BCUT2D eigenvalue weighted by Gasteiger charge is -2.31. The van der Waals surface area contributed by atoms with E-state index in [1.807, 2.05) is 41.3 Å². The minimum Gasteiger partial charge on any atom is -0.381 e. The first kappa shape index (κ1) is 16.6. The predicted octanol–water partition coefficient (Wildman–Crippen LogP) is 2.46. The number of amides is 1. The van der Waals surface area contributed by atoms with E-state index in [9.17, 15) is 4.79 Å². The van der Waals surface area contributed by atoms with Gasteiger partial charge in [0.1, 0.15) is 5.69 Å². The first-order valence-corrected chi connectivity index (χ1v) is 8.29. The highest BCUT2D eigenvalue weighted by atomic mass is 16.5. The normalized spacial score (nSPS) is 15.5. The maximum absolute atomic E-state index is 12.9. The molecular formula is C19H23N3O2. The Morgan fingerprint density at radius 2 is 2.08 bits per heavy atom. The highest BCUT2D eigenvalue weighted by Crippen LogP contribution is 2.25. The molecule has 1 aromatic carbocycles. The van der Waals surface area contributed by atoms with Gasteiger partial charge in [0.2, 0.25) is 0 Å². The first-order chi connectivity index (χ1) is 11.7. The summed E-state index contributed by atoms with van der Waals surface area (Å²) in [5.41, 5.74) is 9.10.